The highest BCUT2D eigenvalue weighted by Crippen LogP contribution is 2.33. The fraction of sp³-hybridized carbons (Fsp3) is 1.00. The molecule has 1 aliphatic heterocycles. The number of unbranched alkanes of at least 4 members (excludes halogenated alkanes) is 1. The number of hydrogen-bond donors (Lipinski definition) is 1. The van der Waals surface area contributed by atoms with Crippen LogP contribution in [0.1, 0.15) is 58.8 Å². The van der Waals surface area contributed by atoms with Gasteiger partial charge in [0, 0.05) is 39.2 Å². The van der Waals surface area contributed by atoms with Crippen LogP contribution < -0.4 is 5.32 Å². The van der Waals surface area contributed by atoms with Crippen molar-refractivity contribution < 1.29 is 9.47 Å². The summed E-state index contributed by atoms with van der Waals surface area (Å²) in [6.45, 7) is 6.25. The zero-order valence-electron chi connectivity index (χ0n) is 13.3. The van der Waals surface area contributed by atoms with Gasteiger partial charge in [0.05, 0.1) is 5.60 Å². The van der Waals surface area contributed by atoms with Gasteiger partial charge in [-0.25, -0.2) is 0 Å². The van der Waals surface area contributed by atoms with Gasteiger partial charge in [0.1, 0.15) is 0 Å². The van der Waals surface area contributed by atoms with Crippen molar-refractivity contribution in [2.75, 3.05) is 27.4 Å². The first-order valence-corrected chi connectivity index (χ1v) is 8.02. The summed E-state index contributed by atoms with van der Waals surface area (Å²) >= 11 is 0. The summed E-state index contributed by atoms with van der Waals surface area (Å²) in [6, 6.07) is 0.447. The Morgan fingerprint density at radius 2 is 1.95 bits per heavy atom. The summed E-state index contributed by atoms with van der Waals surface area (Å²) in [5.74, 6) is 0.812. The minimum absolute atomic E-state index is 0.0212. The number of likely N-dealkylation sites (N-methyl/N-ethyl adjacent to an activating group) is 1. The lowest BCUT2D eigenvalue weighted by atomic mass is 9.79. The van der Waals surface area contributed by atoms with Gasteiger partial charge in [-0.2, -0.15) is 0 Å². The van der Waals surface area contributed by atoms with Gasteiger partial charge in [-0.1, -0.05) is 39.5 Å². The van der Waals surface area contributed by atoms with Crippen molar-refractivity contribution in [1.29, 1.82) is 0 Å². The minimum atomic E-state index is -0.0212. The van der Waals surface area contributed by atoms with Crippen molar-refractivity contribution in [3.8, 4) is 0 Å². The Balaban J connectivity index is 2.62. The standard InChI is InChI=1S/C16H33NO2/c1-5-7-8-14(6-2)13-15(17-3)16(18-4)9-11-19-12-10-16/h14-15,17H,5-13H2,1-4H3. The smallest absolute Gasteiger partial charge is 0.0874 e. The van der Waals surface area contributed by atoms with Crippen LogP contribution in [0.5, 0.6) is 0 Å². The Morgan fingerprint density at radius 3 is 2.42 bits per heavy atom. The van der Waals surface area contributed by atoms with E-state index in [1.165, 1.54) is 32.1 Å². The maximum absolute atomic E-state index is 5.94. The molecule has 0 bridgehead atoms. The fourth-order valence-electron chi connectivity index (χ4n) is 3.32. The van der Waals surface area contributed by atoms with Gasteiger partial charge in [0.2, 0.25) is 0 Å². The molecule has 0 amide bonds. The third kappa shape index (κ3) is 4.73. The molecular weight excluding hydrogens is 238 g/mol. The molecular formula is C16H33NO2. The second kappa shape index (κ2) is 8.93. The number of hydrogen-bond acceptors (Lipinski definition) is 3. The van der Waals surface area contributed by atoms with E-state index in [-0.39, 0.29) is 5.60 Å². The number of methoxy groups -OCH3 is 1. The minimum Gasteiger partial charge on any atom is -0.381 e. The average Bonchev–Trinajstić information content (AvgIpc) is 2.48. The Morgan fingerprint density at radius 1 is 1.26 bits per heavy atom. The molecule has 1 aliphatic rings. The second-order valence-corrected chi connectivity index (χ2v) is 5.87. The van der Waals surface area contributed by atoms with E-state index in [1.807, 2.05) is 7.11 Å². The third-order valence-electron chi connectivity index (χ3n) is 4.84. The monoisotopic (exact) mass is 271 g/mol. The predicted octanol–water partition coefficient (Wildman–Crippen LogP) is 3.38. The molecule has 1 fully saturated rings. The summed E-state index contributed by atoms with van der Waals surface area (Å²) in [6.07, 6.45) is 8.51. The molecule has 0 aliphatic carbocycles. The highest BCUT2D eigenvalue weighted by Gasteiger charge is 2.40. The normalized spacial score (nSPS) is 22.1. The first-order chi connectivity index (χ1) is 9.22. The highest BCUT2D eigenvalue weighted by atomic mass is 16.5. The van der Waals surface area contributed by atoms with Crippen LogP contribution in [0, 0.1) is 5.92 Å². The summed E-state index contributed by atoms with van der Waals surface area (Å²) < 4.78 is 11.4. The molecule has 1 saturated heterocycles. The van der Waals surface area contributed by atoms with Crippen LogP contribution in [0.25, 0.3) is 0 Å². The predicted molar refractivity (Wildman–Crippen MR) is 80.6 cm³/mol. The molecule has 0 aromatic heterocycles. The molecule has 2 unspecified atom stereocenters. The van der Waals surface area contributed by atoms with Crippen molar-refractivity contribution in [1.82, 2.24) is 5.32 Å². The summed E-state index contributed by atoms with van der Waals surface area (Å²) in [5, 5.41) is 3.52. The Bertz CT molecular complexity index is 227. The lowest BCUT2D eigenvalue weighted by molar-refractivity contribution is -0.113. The molecule has 114 valence electrons. The Labute approximate surface area is 119 Å². The van der Waals surface area contributed by atoms with Crippen LogP contribution in [0.4, 0.5) is 0 Å². The summed E-state index contributed by atoms with van der Waals surface area (Å²) in [4.78, 5) is 0. The van der Waals surface area contributed by atoms with E-state index in [2.05, 4.69) is 26.2 Å². The zero-order valence-corrected chi connectivity index (χ0v) is 13.3. The average molecular weight is 271 g/mol. The zero-order chi connectivity index (χ0) is 14.1. The third-order valence-corrected chi connectivity index (χ3v) is 4.84. The van der Waals surface area contributed by atoms with Gasteiger partial charge >= 0.3 is 0 Å². The number of rotatable bonds is 9. The SMILES string of the molecule is CCCCC(CC)CC(NC)C1(OC)CCOCC1. The van der Waals surface area contributed by atoms with Gasteiger partial charge in [0.15, 0.2) is 0 Å². The van der Waals surface area contributed by atoms with E-state index in [9.17, 15) is 0 Å². The second-order valence-electron chi connectivity index (χ2n) is 5.87. The van der Waals surface area contributed by atoms with Crippen molar-refractivity contribution >= 4 is 0 Å². The van der Waals surface area contributed by atoms with Crippen molar-refractivity contribution in [2.24, 2.45) is 5.92 Å². The Hall–Kier alpha value is -0.120. The van der Waals surface area contributed by atoms with E-state index >= 15 is 0 Å². The first-order valence-electron chi connectivity index (χ1n) is 8.02. The van der Waals surface area contributed by atoms with Gasteiger partial charge in [-0.05, 0) is 19.4 Å². The molecule has 3 nitrogen and oxygen atoms in total. The molecule has 2 atom stereocenters. The quantitative estimate of drug-likeness (QED) is 0.697. The van der Waals surface area contributed by atoms with Gasteiger partial charge in [0.25, 0.3) is 0 Å². The van der Waals surface area contributed by atoms with E-state index in [4.69, 9.17) is 9.47 Å². The maximum atomic E-state index is 5.94. The first kappa shape index (κ1) is 16.9. The van der Waals surface area contributed by atoms with Crippen LogP contribution in [-0.2, 0) is 9.47 Å². The van der Waals surface area contributed by atoms with Crippen molar-refractivity contribution in [3.63, 3.8) is 0 Å². The fourth-order valence-corrected chi connectivity index (χ4v) is 3.32. The largest absolute Gasteiger partial charge is 0.381 e. The highest BCUT2D eigenvalue weighted by molar-refractivity contribution is 4.95. The van der Waals surface area contributed by atoms with Crippen LogP contribution in [0.2, 0.25) is 0 Å². The van der Waals surface area contributed by atoms with Crippen LogP contribution in [-0.4, -0.2) is 39.0 Å². The molecule has 0 spiro atoms. The summed E-state index contributed by atoms with van der Waals surface area (Å²) in [7, 11) is 3.94. The molecule has 0 aromatic rings. The van der Waals surface area contributed by atoms with Crippen LogP contribution in [0.15, 0.2) is 0 Å². The van der Waals surface area contributed by atoms with E-state index in [0.29, 0.717) is 6.04 Å². The van der Waals surface area contributed by atoms with Crippen LogP contribution in [0.3, 0.4) is 0 Å². The molecule has 3 heteroatoms. The Kier molecular flexibility index (Phi) is 7.96. The van der Waals surface area contributed by atoms with Gasteiger partial charge < -0.3 is 14.8 Å². The van der Waals surface area contributed by atoms with Crippen molar-refractivity contribution in [3.05, 3.63) is 0 Å². The maximum Gasteiger partial charge on any atom is 0.0874 e. The molecule has 19 heavy (non-hydrogen) atoms. The molecule has 1 heterocycles. The summed E-state index contributed by atoms with van der Waals surface area (Å²) in [5.41, 5.74) is -0.0212. The topological polar surface area (TPSA) is 30.5 Å². The molecule has 1 N–H and O–H groups in total. The number of nitrogens with one attached hydrogen (secondary N) is 1. The molecule has 1 rings (SSSR count). The lowest BCUT2D eigenvalue weighted by Gasteiger charge is -2.43. The van der Waals surface area contributed by atoms with Crippen LogP contribution >= 0.6 is 0 Å². The molecule has 0 aromatic carbocycles. The lowest BCUT2D eigenvalue weighted by Crippen LogP contribution is -2.54. The van der Waals surface area contributed by atoms with E-state index in [1.54, 1.807) is 0 Å². The van der Waals surface area contributed by atoms with Gasteiger partial charge in [-0.3, -0.25) is 0 Å². The molecule has 0 saturated carbocycles. The van der Waals surface area contributed by atoms with Crippen molar-refractivity contribution in [2.45, 2.75) is 70.4 Å². The number of ether oxygens (including phenoxy) is 2. The van der Waals surface area contributed by atoms with Gasteiger partial charge in [-0.15, -0.1) is 0 Å². The van der Waals surface area contributed by atoms with E-state index in [0.717, 1.165) is 32.0 Å². The molecule has 0 radical (unpaired) electrons. The van der Waals surface area contributed by atoms with E-state index < -0.39 is 0 Å².